The van der Waals surface area contributed by atoms with Crippen molar-refractivity contribution in [2.75, 3.05) is 32.7 Å². The van der Waals surface area contributed by atoms with Gasteiger partial charge in [0, 0.05) is 32.1 Å². The average Bonchev–Trinajstić information content (AvgIpc) is 3.31. The molecule has 11 nitrogen and oxygen atoms in total. The molecule has 1 spiro atoms. The fraction of sp³-hybridized carbons (Fsp3) is 0.762. The first kappa shape index (κ1) is 22.7. The van der Waals surface area contributed by atoms with E-state index in [1.807, 2.05) is 18.7 Å². The molecule has 4 rings (SSSR count). The van der Waals surface area contributed by atoms with Gasteiger partial charge in [0.05, 0.1) is 13.1 Å². The Kier molecular flexibility index (Phi) is 6.47. The normalized spacial score (nSPS) is 27.4. The Morgan fingerprint density at radius 3 is 2.47 bits per heavy atom. The maximum Gasteiger partial charge on any atom is 0.344 e. The zero-order valence-electron chi connectivity index (χ0n) is 19.1. The maximum atomic E-state index is 12.9. The van der Waals surface area contributed by atoms with Gasteiger partial charge in [-0.2, -0.15) is 9.99 Å². The van der Waals surface area contributed by atoms with Gasteiger partial charge >= 0.3 is 6.03 Å². The molecule has 0 radical (unpaired) electrons. The molecule has 1 saturated carbocycles. The van der Waals surface area contributed by atoms with Gasteiger partial charge in [-0.05, 0) is 31.6 Å². The highest BCUT2D eigenvalue weighted by Crippen LogP contribution is 2.35. The van der Waals surface area contributed by atoms with Crippen LogP contribution in [0, 0.1) is 5.92 Å². The third-order valence-corrected chi connectivity index (χ3v) is 6.72. The first-order valence-corrected chi connectivity index (χ1v) is 11.5. The number of aromatic nitrogens is 2. The van der Waals surface area contributed by atoms with Crippen LogP contribution in [0.1, 0.15) is 64.1 Å². The van der Waals surface area contributed by atoms with E-state index >= 15 is 0 Å². The molecule has 3 heterocycles. The molecule has 2 aliphatic heterocycles. The second kappa shape index (κ2) is 9.14. The van der Waals surface area contributed by atoms with E-state index in [1.165, 1.54) is 0 Å². The second-order valence-corrected chi connectivity index (χ2v) is 9.62. The van der Waals surface area contributed by atoms with Gasteiger partial charge in [0.1, 0.15) is 5.54 Å². The van der Waals surface area contributed by atoms with Crippen molar-refractivity contribution in [3.63, 3.8) is 0 Å². The van der Waals surface area contributed by atoms with Gasteiger partial charge < -0.3 is 9.84 Å². The van der Waals surface area contributed by atoms with Gasteiger partial charge in [0.25, 0.3) is 11.8 Å². The van der Waals surface area contributed by atoms with E-state index < -0.39 is 11.6 Å². The number of nitrogens with one attached hydrogen (secondary N) is 2. The van der Waals surface area contributed by atoms with E-state index in [-0.39, 0.29) is 24.3 Å². The van der Waals surface area contributed by atoms with Crippen LogP contribution in [0.3, 0.4) is 0 Å². The summed E-state index contributed by atoms with van der Waals surface area (Å²) in [6, 6.07) is -0.539. The topological polar surface area (TPSA) is 124 Å². The minimum atomic E-state index is -0.854. The Labute approximate surface area is 187 Å². The second-order valence-electron chi connectivity index (χ2n) is 9.62. The van der Waals surface area contributed by atoms with Crippen molar-refractivity contribution in [1.29, 1.82) is 0 Å². The van der Waals surface area contributed by atoms with Gasteiger partial charge in [0.2, 0.25) is 5.89 Å². The van der Waals surface area contributed by atoms with E-state index in [2.05, 4.69) is 32.7 Å². The summed E-state index contributed by atoms with van der Waals surface area (Å²) < 4.78 is 5.31. The summed E-state index contributed by atoms with van der Waals surface area (Å²) in [5, 5.41) is 7.68. The van der Waals surface area contributed by atoms with Crippen LogP contribution in [0.5, 0.6) is 0 Å². The number of rotatable bonds is 6. The monoisotopic (exact) mass is 447 g/mol. The summed E-state index contributed by atoms with van der Waals surface area (Å²) in [6.45, 7) is 9.82. The van der Waals surface area contributed by atoms with Crippen molar-refractivity contribution in [3.05, 3.63) is 11.7 Å². The number of carbonyl (C=O) groups excluding carboxylic acids is 3. The fourth-order valence-electron chi connectivity index (χ4n) is 4.54. The third-order valence-electron chi connectivity index (χ3n) is 6.72. The molecule has 3 aliphatic rings. The molecule has 3 fully saturated rings. The van der Waals surface area contributed by atoms with Crippen LogP contribution in [0.4, 0.5) is 4.79 Å². The number of piperazine rings is 1. The smallest absolute Gasteiger partial charge is 0.338 e. The quantitative estimate of drug-likeness (QED) is 0.615. The molecular weight excluding hydrogens is 414 g/mol. The van der Waals surface area contributed by atoms with E-state index in [1.54, 1.807) is 0 Å². The van der Waals surface area contributed by atoms with E-state index in [0.29, 0.717) is 50.1 Å². The largest absolute Gasteiger partial charge is 0.344 e. The van der Waals surface area contributed by atoms with Crippen LogP contribution < -0.4 is 10.7 Å². The molecule has 11 heteroatoms. The summed E-state index contributed by atoms with van der Waals surface area (Å²) in [5.74, 6) is 1.38. The van der Waals surface area contributed by atoms with Crippen molar-refractivity contribution < 1.29 is 18.9 Å². The predicted molar refractivity (Wildman–Crippen MR) is 114 cm³/mol. The van der Waals surface area contributed by atoms with E-state index in [0.717, 1.165) is 30.9 Å². The predicted octanol–water partition coefficient (Wildman–Crippen LogP) is 0.843. The highest BCUT2D eigenvalue weighted by atomic mass is 16.5. The summed E-state index contributed by atoms with van der Waals surface area (Å²) in [7, 11) is 0. The van der Waals surface area contributed by atoms with Crippen LogP contribution in [-0.4, -0.2) is 81.1 Å². The zero-order chi connectivity index (χ0) is 22.9. The number of urea groups is 1. The van der Waals surface area contributed by atoms with Crippen molar-refractivity contribution in [2.24, 2.45) is 5.92 Å². The van der Waals surface area contributed by atoms with Crippen molar-refractivity contribution >= 4 is 17.8 Å². The Morgan fingerprint density at radius 2 is 1.84 bits per heavy atom. The molecule has 2 saturated heterocycles. The number of amides is 4. The minimum Gasteiger partial charge on any atom is -0.338 e. The van der Waals surface area contributed by atoms with Crippen molar-refractivity contribution in [2.45, 2.75) is 64.5 Å². The molecule has 1 aromatic heterocycles. The van der Waals surface area contributed by atoms with Crippen molar-refractivity contribution in [3.8, 4) is 0 Å². The van der Waals surface area contributed by atoms with Crippen LogP contribution in [0.2, 0.25) is 0 Å². The van der Waals surface area contributed by atoms with Crippen LogP contribution >= 0.6 is 0 Å². The molecule has 1 aromatic rings. The number of hydrogen-bond donors (Lipinski definition) is 2. The van der Waals surface area contributed by atoms with Crippen LogP contribution in [-0.2, 0) is 16.1 Å². The van der Waals surface area contributed by atoms with Gasteiger partial charge in [-0.15, -0.1) is 0 Å². The van der Waals surface area contributed by atoms with Gasteiger partial charge in [0.15, 0.2) is 5.82 Å². The molecular formula is C21H33N7O4. The fourth-order valence-corrected chi connectivity index (χ4v) is 4.54. The summed E-state index contributed by atoms with van der Waals surface area (Å²) in [5.41, 5.74) is 1.66. The number of hydrazine groups is 1. The lowest BCUT2D eigenvalue weighted by Gasteiger charge is -2.34. The molecule has 0 aromatic carbocycles. The summed E-state index contributed by atoms with van der Waals surface area (Å²) >= 11 is 0. The van der Waals surface area contributed by atoms with Crippen molar-refractivity contribution in [1.82, 2.24) is 35.7 Å². The molecule has 0 atom stereocenters. The lowest BCUT2D eigenvalue weighted by molar-refractivity contribution is -0.140. The molecule has 0 bridgehead atoms. The Morgan fingerprint density at radius 1 is 1.19 bits per heavy atom. The molecule has 32 heavy (non-hydrogen) atoms. The molecule has 0 unspecified atom stereocenters. The average molecular weight is 448 g/mol. The molecule has 2 N–H and O–H groups in total. The highest BCUT2D eigenvalue weighted by molar-refractivity contribution is 6.08. The Balaban J connectivity index is 1.23. The summed E-state index contributed by atoms with van der Waals surface area (Å²) in [4.78, 5) is 46.4. The molecule has 1 aliphatic carbocycles. The standard InChI is InChI=1S/C21H33N7O4/c1-14(2)18-22-17(32-25-18)13-27-10-8-26(9-11-27)12-16(29)24-28-19(30)21(23-20(28)31)6-4-15(3)5-7-21/h14-15H,4-13H2,1-3H3,(H,23,31)(H,24,29). The summed E-state index contributed by atoms with van der Waals surface area (Å²) in [6.07, 6.45) is 3.01. The minimum absolute atomic E-state index is 0.132. The first-order valence-electron chi connectivity index (χ1n) is 11.5. The number of imide groups is 1. The molecule has 4 amide bonds. The van der Waals surface area contributed by atoms with E-state index in [4.69, 9.17) is 4.52 Å². The van der Waals surface area contributed by atoms with Crippen LogP contribution in [0.15, 0.2) is 4.52 Å². The molecule has 176 valence electrons. The number of carbonyl (C=O) groups is 3. The van der Waals surface area contributed by atoms with Gasteiger partial charge in [-0.1, -0.05) is 25.9 Å². The highest BCUT2D eigenvalue weighted by Gasteiger charge is 2.52. The number of hydrogen-bond acceptors (Lipinski definition) is 8. The SMILES string of the molecule is CC1CCC2(CC1)NC(=O)N(NC(=O)CN1CCN(Cc3nc(C(C)C)no3)CC1)C2=O. The Bertz CT molecular complexity index is 854. The van der Waals surface area contributed by atoms with Crippen LogP contribution in [0.25, 0.3) is 0 Å². The zero-order valence-corrected chi connectivity index (χ0v) is 19.1. The lowest BCUT2D eigenvalue weighted by Crippen LogP contribution is -2.54. The maximum absolute atomic E-state index is 12.9. The van der Waals surface area contributed by atoms with E-state index in [9.17, 15) is 14.4 Å². The van der Waals surface area contributed by atoms with Gasteiger partial charge in [-0.3, -0.25) is 24.8 Å². The lowest BCUT2D eigenvalue weighted by atomic mass is 9.77. The van der Waals surface area contributed by atoms with Gasteiger partial charge in [-0.25, -0.2) is 4.79 Å². The Hall–Kier alpha value is -2.53. The third kappa shape index (κ3) is 4.78. The first-order chi connectivity index (χ1) is 15.3. The number of nitrogens with zero attached hydrogens (tertiary/aromatic N) is 5.